The van der Waals surface area contributed by atoms with Gasteiger partial charge in [0.2, 0.25) is 5.91 Å². The van der Waals surface area contributed by atoms with Crippen molar-refractivity contribution >= 4 is 42.5 Å². The number of unbranched alkanes of at least 4 members (excludes halogenated alkanes) is 1. The first-order chi connectivity index (χ1) is 9.65. The van der Waals surface area contributed by atoms with Crippen molar-refractivity contribution in [2.45, 2.75) is 44.9 Å². The van der Waals surface area contributed by atoms with Crippen LogP contribution in [0.15, 0.2) is 0 Å². The van der Waals surface area contributed by atoms with E-state index in [1.54, 1.807) is 11.8 Å². The molecule has 1 amide bonds. The van der Waals surface area contributed by atoms with E-state index >= 15 is 0 Å². The zero-order valence-electron chi connectivity index (χ0n) is 13.4. The molecule has 2 aliphatic heterocycles. The van der Waals surface area contributed by atoms with Gasteiger partial charge in [0.25, 0.3) is 0 Å². The Morgan fingerprint density at radius 3 is 2.55 bits per heavy atom. The third-order valence-corrected chi connectivity index (χ3v) is 4.67. The molecule has 2 aliphatic rings. The van der Waals surface area contributed by atoms with Crippen molar-refractivity contribution in [3.63, 3.8) is 0 Å². The lowest BCUT2D eigenvalue weighted by Crippen LogP contribution is -2.45. The van der Waals surface area contributed by atoms with Gasteiger partial charge in [-0.3, -0.25) is 15.0 Å². The van der Waals surface area contributed by atoms with E-state index in [-0.39, 0.29) is 36.8 Å². The van der Waals surface area contributed by atoms with Gasteiger partial charge in [0.1, 0.15) is 0 Å². The highest BCUT2D eigenvalue weighted by atomic mass is 35.5. The molecule has 0 radical (unpaired) electrons. The second-order valence-corrected chi connectivity index (χ2v) is 6.82. The maximum Gasteiger partial charge on any atom is 0.238 e. The third kappa shape index (κ3) is 7.70. The van der Waals surface area contributed by atoms with Crippen molar-refractivity contribution in [2.75, 3.05) is 37.8 Å². The number of halogens is 2. The quantitative estimate of drug-likeness (QED) is 0.690. The molecule has 3 unspecified atom stereocenters. The van der Waals surface area contributed by atoms with Gasteiger partial charge >= 0.3 is 0 Å². The van der Waals surface area contributed by atoms with E-state index in [2.05, 4.69) is 29.4 Å². The van der Waals surface area contributed by atoms with Crippen LogP contribution in [-0.2, 0) is 9.53 Å². The molecule has 0 aromatic carbocycles. The summed E-state index contributed by atoms with van der Waals surface area (Å²) in [6, 6.07) is 0.0148. The maximum absolute atomic E-state index is 11.8. The molecule has 2 rings (SSSR count). The summed E-state index contributed by atoms with van der Waals surface area (Å²) in [6.45, 7) is 8.22. The molecule has 0 saturated carbocycles. The topological polar surface area (TPSA) is 53.6 Å². The van der Waals surface area contributed by atoms with Gasteiger partial charge in [-0.25, -0.2) is 0 Å². The first-order valence-corrected chi connectivity index (χ1v) is 8.77. The van der Waals surface area contributed by atoms with Crippen molar-refractivity contribution in [1.82, 2.24) is 15.5 Å². The SMILES string of the molecule is CC1CN(CCCCNC(=O)C2CSCN2)CC(C)O1.Cl.Cl. The summed E-state index contributed by atoms with van der Waals surface area (Å²) in [5.41, 5.74) is 0. The minimum absolute atomic E-state index is 0. The Balaban J connectivity index is 0.00000220. The Morgan fingerprint density at radius 1 is 1.27 bits per heavy atom. The smallest absolute Gasteiger partial charge is 0.238 e. The van der Waals surface area contributed by atoms with E-state index in [4.69, 9.17) is 4.74 Å². The van der Waals surface area contributed by atoms with Crippen LogP contribution >= 0.6 is 36.6 Å². The van der Waals surface area contributed by atoms with Gasteiger partial charge in [-0.05, 0) is 33.2 Å². The van der Waals surface area contributed by atoms with Gasteiger partial charge in [-0.1, -0.05) is 0 Å². The highest BCUT2D eigenvalue weighted by Crippen LogP contribution is 2.11. The molecule has 0 aromatic heterocycles. The summed E-state index contributed by atoms with van der Waals surface area (Å²) < 4.78 is 5.72. The number of ether oxygens (including phenoxy) is 1. The number of nitrogens with zero attached hydrogens (tertiary/aromatic N) is 1. The predicted molar refractivity (Wildman–Crippen MR) is 97.4 cm³/mol. The highest BCUT2D eigenvalue weighted by molar-refractivity contribution is 7.99. The van der Waals surface area contributed by atoms with Crippen LogP contribution in [0.2, 0.25) is 0 Å². The minimum Gasteiger partial charge on any atom is -0.373 e. The number of thioether (sulfide) groups is 1. The van der Waals surface area contributed by atoms with Crippen molar-refractivity contribution in [3.8, 4) is 0 Å². The van der Waals surface area contributed by atoms with Gasteiger partial charge in [0.15, 0.2) is 0 Å². The van der Waals surface area contributed by atoms with Crippen LogP contribution in [0.4, 0.5) is 0 Å². The lowest BCUT2D eigenvalue weighted by molar-refractivity contribution is -0.122. The van der Waals surface area contributed by atoms with Crippen molar-refractivity contribution in [1.29, 1.82) is 0 Å². The Kier molecular flexibility index (Phi) is 11.9. The molecule has 2 fully saturated rings. The van der Waals surface area contributed by atoms with Crippen LogP contribution in [0.3, 0.4) is 0 Å². The van der Waals surface area contributed by atoms with Crippen LogP contribution in [0, 0.1) is 0 Å². The van der Waals surface area contributed by atoms with Crippen LogP contribution in [0.25, 0.3) is 0 Å². The fraction of sp³-hybridized carbons (Fsp3) is 0.929. The summed E-state index contributed by atoms with van der Waals surface area (Å²) >= 11 is 1.78. The number of amides is 1. The van der Waals surface area contributed by atoms with Gasteiger partial charge in [0, 0.05) is 31.3 Å². The van der Waals surface area contributed by atoms with Gasteiger partial charge in [0.05, 0.1) is 18.2 Å². The van der Waals surface area contributed by atoms with E-state index in [1.165, 1.54) is 0 Å². The molecule has 2 heterocycles. The lowest BCUT2D eigenvalue weighted by Gasteiger charge is -2.35. The second kappa shape index (κ2) is 11.8. The Morgan fingerprint density at radius 2 is 1.95 bits per heavy atom. The van der Waals surface area contributed by atoms with Crippen LogP contribution in [0.1, 0.15) is 26.7 Å². The molecule has 2 N–H and O–H groups in total. The predicted octanol–water partition coefficient (Wildman–Crippen LogP) is 1.50. The standard InChI is InChI=1S/C14H27N3O2S.2ClH/c1-11-7-17(8-12(2)19-11)6-4-3-5-15-14(18)13-9-20-10-16-13;;/h11-13,16H,3-10H2,1-2H3,(H,15,18);2*1H. The van der Waals surface area contributed by atoms with Crippen molar-refractivity contribution < 1.29 is 9.53 Å². The molecule has 0 spiro atoms. The van der Waals surface area contributed by atoms with Gasteiger partial charge in [-0.15, -0.1) is 36.6 Å². The molecule has 0 aromatic rings. The van der Waals surface area contributed by atoms with Crippen LogP contribution in [0.5, 0.6) is 0 Å². The number of morpholine rings is 1. The van der Waals surface area contributed by atoms with E-state index in [1.807, 2.05) is 0 Å². The molecule has 132 valence electrons. The van der Waals surface area contributed by atoms with Crippen molar-refractivity contribution in [2.24, 2.45) is 0 Å². The van der Waals surface area contributed by atoms with E-state index in [0.29, 0.717) is 12.2 Å². The van der Waals surface area contributed by atoms with E-state index in [9.17, 15) is 4.79 Å². The summed E-state index contributed by atoms with van der Waals surface area (Å²) in [6.07, 6.45) is 2.85. The number of rotatable bonds is 6. The molecular formula is C14H29Cl2N3O2S. The van der Waals surface area contributed by atoms with Crippen LogP contribution < -0.4 is 10.6 Å². The molecule has 5 nitrogen and oxygen atoms in total. The zero-order chi connectivity index (χ0) is 14.4. The third-order valence-electron chi connectivity index (χ3n) is 3.73. The summed E-state index contributed by atoms with van der Waals surface area (Å²) in [5, 5.41) is 6.21. The second-order valence-electron chi connectivity index (χ2n) is 5.79. The monoisotopic (exact) mass is 373 g/mol. The first-order valence-electron chi connectivity index (χ1n) is 7.62. The Labute approximate surface area is 150 Å². The number of hydrogen-bond donors (Lipinski definition) is 2. The van der Waals surface area contributed by atoms with Gasteiger partial charge < -0.3 is 10.1 Å². The van der Waals surface area contributed by atoms with E-state index < -0.39 is 0 Å². The molecular weight excluding hydrogens is 345 g/mol. The number of hydrogen-bond acceptors (Lipinski definition) is 5. The first kappa shape index (κ1) is 22.3. The number of carbonyl (C=O) groups excluding carboxylic acids is 1. The Bertz CT molecular complexity index is 310. The summed E-state index contributed by atoms with van der Waals surface area (Å²) in [7, 11) is 0. The summed E-state index contributed by atoms with van der Waals surface area (Å²) in [5.74, 6) is 1.95. The molecule has 0 bridgehead atoms. The minimum atomic E-state index is 0. The Hall–Kier alpha value is 0.280. The average Bonchev–Trinajstić information content (AvgIpc) is 2.90. The maximum atomic E-state index is 11.8. The molecule has 22 heavy (non-hydrogen) atoms. The molecule has 8 heteroatoms. The molecule has 0 aliphatic carbocycles. The van der Waals surface area contributed by atoms with Crippen LogP contribution in [-0.4, -0.2) is 66.9 Å². The van der Waals surface area contributed by atoms with E-state index in [0.717, 1.165) is 50.7 Å². The number of carbonyl (C=O) groups is 1. The normalized spacial score (nSPS) is 28.5. The fourth-order valence-electron chi connectivity index (χ4n) is 2.83. The zero-order valence-corrected chi connectivity index (χ0v) is 15.8. The van der Waals surface area contributed by atoms with Gasteiger partial charge in [-0.2, -0.15) is 0 Å². The highest BCUT2D eigenvalue weighted by Gasteiger charge is 2.22. The molecule has 3 atom stereocenters. The summed E-state index contributed by atoms with van der Waals surface area (Å²) in [4.78, 5) is 14.3. The molecule has 2 saturated heterocycles. The number of nitrogens with one attached hydrogen (secondary N) is 2. The van der Waals surface area contributed by atoms with Crippen molar-refractivity contribution in [3.05, 3.63) is 0 Å². The lowest BCUT2D eigenvalue weighted by atomic mass is 10.2. The average molecular weight is 374 g/mol. The largest absolute Gasteiger partial charge is 0.373 e. The fourth-order valence-corrected chi connectivity index (χ4v) is 3.77.